The molecule has 3 aromatic rings. The molecule has 0 aliphatic rings. The Bertz CT molecular complexity index is 839. The molecule has 0 aliphatic carbocycles. The van der Waals surface area contributed by atoms with Gasteiger partial charge in [0.2, 0.25) is 0 Å². The molecule has 0 aliphatic heterocycles. The minimum Gasteiger partial charge on any atom is -0.399 e. The van der Waals surface area contributed by atoms with Crippen LogP contribution < -0.4 is 11.1 Å². The summed E-state index contributed by atoms with van der Waals surface area (Å²) >= 11 is 1.61. The average molecular weight is 297 g/mol. The van der Waals surface area contributed by atoms with Gasteiger partial charge in [-0.1, -0.05) is 6.07 Å². The van der Waals surface area contributed by atoms with E-state index in [4.69, 9.17) is 5.73 Å². The van der Waals surface area contributed by atoms with Gasteiger partial charge in [-0.25, -0.2) is 4.98 Å². The van der Waals surface area contributed by atoms with Gasteiger partial charge in [-0.2, -0.15) is 0 Å². The second-order valence-corrected chi connectivity index (χ2v) is 6.18. The molecule has 0 atom stereocenters. The zero-order valence-corrected chi connectivity index (χ0v) is 12.6. The van der Waals surface area contributed by atoms with Crippen LogP contribution in [0.4, 0.5) is 11.4 Å². The van der Waals surface area contributed by atoms with E-state index in [1.54, 1.807) is 23.5 Å². The van der Waals surface area contributed by atoms with Crippen LogP contribution in [0.1, 0.15) is 20.9 Å². The predicted molar refractivity (Wildman–Crippen MR) is 87.9 cm³/mol. The van der Waals surface area contributed by atoms with E-state index < -0.39 is 0 Å². The molecule has 0 bridgehead atoms. The molecule has 21 heavy (non-hydrogen) atoms. The molecule has 1 heterocycles. The molecule has 2 aromatic carbocycles. The minimum atomic E-state index is -0.152. The highest BCUT2D eigenvalue weighted by molar-refractivity contribution is 7.18. The van der Waals surface area contributed by atoms with Crippen molar-refractivity contribution >= 4 is 38.8 Å². The van der Waals surface area contributed by atoms with Gasteiger partial charge in [0.1, 0.15) is 0 Å². The molecular formula is C16H15N3OS. The molecule has 0 saturated heterocycles. The fourth-order valence-corrected chi connectivity index (χ4v) is 3.07. The first-order chi connectivity index (χ1) is 10.0. The fraction of sp³-hybridized carbons (Fsp3) is 0.125. The zero-order valence-electron chi connectivity index (χ0n) is 11.8. The van der Waals surface area contributed by atoms with Crippen LogP contribution in [0.15, 0.2) is 36.4 Å². The highest BCUT2D eigenvalue weighted by atomic mass is 32.1. The summed E-state index contributed by atoms with van der Waals surface area (Å²) in [4.78, 5) is 16.8. The van der Waals surface area contributed by atoms with Crippen molar-refractivity contribution in [2.75, 3.05) is 11.1 Å². The van der Waals surface area contributed by atoms with Crippen LogP contribution >= 0.6 is 11.3 Å². The largest absolute Gasteiger partial charge is 0.399 e. The maximum absolute atomic E-state index is 12.3. The van der Waals surface area contributed by atoms with Crippen LogP contribution in [0.2, 0.25) is 0 Å². The van der Waals surface area contributed by atoms with Crippen LogP contribution in [0.5, 0.6) is 0 Å². The monoisotopic (exact) mass is 297 g/mol. The fourth-order valence-electron chi connectivity index (χ4n) is 2.20. The number of nitrogens with zero attached hydrogens (tertiary/aromatic N) is 1. The highest BCUT2D eigenvalue weighted by Gasteiger charge is 2.10. The van der Waals surface area contributed by atoms with Crippen LogP contribution in [0.25, 0.3) is 10.2 Å². The smallest absolute Gasteiger partial charge is 0.256 e. The number of nitrogen functional groups attached to an aromatic ring is 1. The Balaban J connectivity index is 1.90. The molecule has 1 amide bonds. The molecule has 0 unspecified atom stereocenters. The number of aromatic nitrogens is 1. The second kappa shape index (κ2) is 5.18. The quantitative estimate of drug-likeness (QED) is 0.708. The van der Waals surface area contributed by atoms with E-state index in [-0.39, 0.29) is 5.91 Å². The summed E-state index contributed by atoms with van der Waals surface area (Å²) in [6, 6.07) is 11.1. The Labute approximate surface area is 126 Å². The number of carbonyl (C=O) groups is 1. The lowest BCUT2D eigenvalue weighted by atomic mass is 10.1. The van der Waals surface area contributed by atoms with Crippen molar-refractivity contribution < 1.29 is 4.79 Å². The number of benzene rings is 2. The molecular weight excluding hydrogens is 282 g/mol. The standard InChI is InChI=1S/C16H15N3OS/c1-9-3-4-11(17)7-13(9)16(20)19-12-5-6-14-15(8-12)21-10(2)18-14/h3-8H,17H2,1-2H3,(H,19,20). The Morgan fingerprint density at radius 3 is 2.81 bits per heavy atom. The minimum absolute atomic E-state index is 0.152. The first kappa shape index (κ1) is 13.6. The summed E-state index contributed by atoms with van der Waals surface area (Å²) in [5, 5.41) is 3.93. The van der Waals surface area contributed by atoms with Gasteiger partial charge in [0.25, 0.3) is 5.91 Å². The van der Waals surface area contributed by atoms with Crippen molar-refractivity contribution in [1.29, 1.82) is 0 Å². The van der Waals surface area contributed by atoms with Crippen molar-refractivity contribution in [1.82, 2.24) is 4.98 Å². The van der Waals surface area contributed by atoms with Gasteiger partial charge in [-0.3, -0.25) is 4.79 Å². The number of amides is 1. The van der Waals surface area contributed by atoms with Crippen LogP contribution in [0.3, 0.4) is 0 Å². The van der Waals surface area contributed by atoms with Gasteiger partial charge < -0.3 is 11.1 Å². The first-order valence-electron chi connectivity index (χ1n) is 6.57. The lowest BCUT2D eigenvalue weighted by Crippen LogP contribution is -2.13. The van der Waals surface area contributed by atoms with E-state index >= 15 is 0 Å². The summed E-state index contributed by atoms with van der Waals surface area (Å²) in [6.45, 7) is 3.86. The van der Waals surface area contributed by atoms with E-state index in [0.29, 0.717) is 11.3 Å². The van der Waals surface area contributed by atoms with Crippen molar-refractivity contribution in [3.63, 3.8) is 0 Å². The van der Waals surface area contributed by atoms with Crippen molar-refractivity contribution in [3.8, 4) is 0 Å². The normalized spacial score (nSPS) is 10.8. The van der Waals surface area contributed by atoms with Crippen LogP contribution in [-0.2, 0) is 0 Å². The SMILES string of the molecule is Cc1nc2ccc(NC(=O)c3cc(N)ccc3C)cc2s1. The maximum Gasteiger partial charge on any atom is 0.256 e. The number of nitrogens with two attached hydrogens (primary N) is 1. The van der Waals surface area contributed by atoms with Gasteiger partial charge in [0, 0.05) is 16.9 Å². The van der Waals surface area contributed by atoms with E-state index in [2.05, 4.69) is 10.3 Å². The van der Waals surface area contributed by atoms with Crippen molar-refractivity contribution in [2.45, 2.75) is 13.8 Å². The number of hydrogen-bond acceptors (Lipinski definition) is 4. The molecule has 106 valence electrons. The molecule has 0 fully saturated rings. The van der Waals surface area contributed by atoms with E-state index in [9.17, 15) is 4.79 Å². The van der Waals surface area contributed by atoms with Gasteiger partial charge >= 0.3 is 0 Å². The molecule has 0 saturated carbocycles. The third-order valence-corrected chi connectivity index (χ3v) is 4.19. The third kappa shape index (κ3) is 2.73. The zero-order chi connectivity index (χ0) is 15.0. The third-order valence-electron chi connectivity index (χ3n) is 3.26. The summed E-state index contributed by atoms with van der Waals surface area (Å²) in [5.74, 6) is -0.152. The van der Waals surface area contributed by atoms with E-state index in [1.165, 1.54) is 0 Å². The first-order valence-corrected chi connectivity index (χ1v) is 7.39. The number of hydrogen-bond donors (Lipinski definition) is 2. The van der Waals surface area contributed by atoms with Crippen LogP contribution in [0, 0.1) is 13.8 Å². The van der Waals surface area contributed by atoms with Crippen molar-refractivity contribution in [2.24, 2.45) is 0 Å². The molecule has 3 N–H and O–H groups in total. The molecule has 5 heteroatoms. The topological polar surface area (TPSA) is 68.0 Å². The Morgan fingerprint density at radius 2 is 2.00 bits per heavy atom. The average Bonchev–Trinajstić information content (AvgIpc) is 2.80. The number of nitrogens with one attached hydrogen (secondary N) is 1. The molecule has 1 aromatic heterocycles. The van der Waals surface area contributed by atoms with Gasteiger partial charge in [-0.05, 0) is 49.7 Å². The summed E-state index contributed by atoms with van der Waals surface area (Å²) in [7, 11) is 0. The summed E-state index contributed by atoms with van der Waals surface area (Å²) in [5.41, 5.74) is 9.54. The highest BCUT2D eigenvalue weighted by Crippen LogP contribution is 2.25. The number of aryl methyl sites for hydroxylation is 2. The summed E-state index contributed by atoms with van der Waals surface area (Å²) in [6.07, 6.45) is 0. The summed E-state index contributed by atoms with van der Waals surface area (Å²) < 4.78 is 1.06. The van der Waals surface area contributed by atoms with Gasteiger partial charge in [0.15, 0.2) is 0 Å². The molecule has 3 rings (SSSR count). The van der Waals surface area contributed by atoms with Crippen LogP contribution in [-0.4, -0.2) is 10.9 Å². The molecule has 0 spiro atoms. The number of rotatable bonds is 2. The van der Waals surface area contributed by atoms with E-state index in [1.807, 2.05) is 38.1 Å². The number of fused-ring (bicyclic) bond motifs is 1. The number of thiazole rings is 1. The molecule has 0 radical (unpaired) electrons. The Hall–Kier alpha value is -2.40. The number of anilines is 2. The number of carbonyl (C=O) groups excluding carboxylic acids is 1. The van der Waals surface area contributed by atoms with Gasteiger partial charge in [0.05, 0.1) is 15.2 Å². The lowest BCUT2D eigenvalue weighted by Gasteiger charge is -2.08. The predicted octanol–water partition coefficient (Wildman–Crippen LogP) is 3.75. The maximum atomic E-state index is 12.3. The Morgan fingerprint density at radius 1 is 1.19 bits per heavy atom. The van der Waals surface area contributed by atoms with Gasteiger partial charge in [-0.15, -0.1) is 11.3 Å². The lowest BCUT2D eigenvalue weighted by molar-refractivity contribution is 0.102. The second-order valence-electron chi connectivity index (χ2n) is 4.94. The molecule has 4 nitrogen and oxygen atoms in total. The van der Waals surface area contributed by atoms with E-state index in [0.717, 1.165) is 26.5 Å². The Kier molecular flexibility index (Phi) is 3.35. The van der Waals surface area contributed by atoms with Crippen molar-refractivity contribution in [3.05, 3.63) is 52.5 Å².